The summed E-state index contributed by atoms with van der Waals surface area (Å²) in [6.45, 7) is 2.07. The van der Waals surface area contributed by atoms with Gasteiger partial charge in [-0.25, -0.2) is 0 Å². The number of nitrogens with zero attached hydrogens (tertiary/aromatic N) is 2. The number of benzene rings is 1. The monoisotopic (exact) mass is 276 g/mol. The van der Waals surface area contributed by atoms with Crippen LogP contribution in [0.15, 0.2) is 24.3 Å². The van der Waals surface area contributed by atoms with Crippen molar-refractivity contribution in [2.75, 3.05) is 7.11 Å². The Balaban J connectivity index is 2.09. The van der Waals surface area contributed by atoms with Gasteiger partial charge in [0.15, 0.2) is 0 Å². The fourth-order valence-corrected chi connectivity index (χ4v) is 2.47. The first-order valence-electron chi connectivity index (χ1n) is 7.05. The second-order valence-electron chi connectivity index (χ2n) is 5.28. The van der Waals surface area contributed by atoms with Crippen molar-refractivity contribution in [3.8, 4) is 0 Å². The molecule has 5 heteroatoms. The Morgan fingerprint density at radius 3 is 2.80 bits per heavy atom. The van der Waals surface area contributed by atoms with Crippen LogP contribution in [-0.2, 0) is 18.2 Å². The third-order valence-corrected chi connectivity index (χ3v) is 3.83. The molecular weight excluding hydrogens is 252 g/mol. The summed E-state index contributed by atoms with van der Waals surface area (Å²) in [6.07, 6.45) is 3.03. The second-order valence-corrected chi connectivity index (χ2v) is 5.28. The summed E-state index contributed by atoms with van der Waals surface area (Å²) in [6, 6.07) is 8.50. The van der Waals surface area contributed by atoms with E-state index >= 15 is 0 Å². The normalized spacial score (nSPS) is 14.6. The molecule has 0 saturated carbocycles. The number of nitrogens with two attached hydrogens (primary N) is 1. The van der Waals surface area contributed by atoms with Crippen LogP contribution in [0.1, 0.15) is 25.5 Å². The summed E-state index contributed by atoms with van der Waals surface area (Å²) in [7, 11) is 3.71. The maximum atomic E-state index is 5.67. The molecule has 1 aromatic heterocycles. The van der Waals surface area contributed by atoms with E-state index in [0.717, 1.165) is 30.5 Å². The van der Waals surface area contributed by atoms with E-state index in [2.05, 4.69) is 29.6 Å². The molecule has 0 aliphatic rings. The van der Waals surface area contributed by atoms with E-state index in [1.807, 2.05) is 23.9 Å². The van der Waals surface area contributed by atoms with Crippen LogP contribution in [0.5, 0.6) is 0 Å². The van der Waals surface area contributed by atoms with E-state index in [4.69, 9.17) is 10.6 Å². The van der Waals surface area contributed by atoms with Crippen molar-refractivity contribution in [3.63, 3.8) is 0 Å². The van der Waals surface area contributed by atoms with Gasteiger partial charge in [0.05, 0.1) is 17.3 Å². The minimum absolute atomic E-state index is 0.214. The largest absolute Gasteiger partial charge is 0.382 e. The van der Waals surface area contributed by atoms with E-state index in [0.29, 0.717) is 0 Å². The van der Waals surface area contributed by atoms with Gasteiger partial charge in [-0.1, -0.05) is 18.2 Å². The molecule has 0 spiro atoms. The van der Waals surface area contributed by atoms with Crippen molar-refractivity contribution >= 4 is 10.9 Å². The van der Waals surface area contributed by atoms with Gasteiger partial charge in [0.1, 0.15) is 0 Å². The summed E-state index contributed by atoms with van der Waals surface area (Å²) in [5, 5.41) is 5.82. The summed E-state index contributed by atoms with van der Waals surface area (Å²) >= 11 is 0. The number of rotatable bonds is 7. The lowest BCUT2D eigenvalue weighted by atomic mass is 10.0. The van der Waals surface area contributed by atoms with E-state index in [1.54, 1.807) is 7.11 Å². The van der Waals surface area contributed by atoms with Crippen molar-refractivity contribution in [3.05, 3.63) is 30.0 Å². The van der Waals surface area contributed by atoms with Crippen molar-refractivity contribution in [2.24, 2.45) is 12.9 Å². The number of hydrazine groups is 1. The number of hydrogen-bond donors (Lipinski definition) is 2. The van der Waals surface area contributed by atoms with Gasteiger partial charge in [0.25, 0.3) is 0 Å². The third kappa shape index (κ3) is 3.36. The third-order valence-electron chi connectivity index (χ3n) is 3.83. The van der Waals surface area contributed by atoms with Crippen LogP contribution in [0.25, 0.3) is 10.9 Å². The zero-order valence-electron chi connectivity index (χ0n) is 12.5. The van der Waals surface area contributed by atoms with Gasteiger partial charge >= 0.3 is 0 Å². The van der Waals surface area contributed by atoms with Crippen LogP contribution >= 0.6 is 0 Å². The quantitative estimate of drug-likeness (QED) is 0.597. The molecule has 0 radical (unpaired) electrons. The first-order chi connectivity index (χ1) is 9.65. The van der Waals surface area contributed by atoms with Crippen LogP contribution in [0.2, 0.25) is 0 Å². The summed E-state index contributed by atoms with van der Waals surface area (Å²) in [5.41, 5.74) is 5.15. The molecule has 0 fully saturated rings. The number of fused-ring (bicyclic) bond motifs is 1. The molecule has 0 saturated heterocycles. The van der Waals surface area contributed by atoms with Crippen molar-refractivity contribution in [1.29, 1.82) is 0 Å². The minimum atomic E-state index is 0.214. The maximum Gasteiger partial charge on any atom is 0.0719 e. The van der Waals surface area contributed by atoms with Crippen molar-refractivity contribution in [1.82, 2.24) is 15.2 Å². The standard InChI is InChI=1S/C15H24N4O/c1-11(20-3)8-9-12(17-16)10-14-13-6-4-5-7-15(13)19(2)18-14/h4-7,11-12,17H,8-10,16H2,1-3H3. The number of aromatic nitrogens is 2. The average Bonchev–Trinajstić information content (AvgIpc) is 2.80. The molecule has 2 rings (SSSR count). The zero-order chi connectivity index (χ0) is 14.5. The fourth-order valence-electron chi connectivity index (χ4n) is 2.47. The maximum absolute atomic E-state index is 5.67. The number of para-hydroxylation sites is 1. The molecule has 2 atom stereocenters. The fraction of sp³-hybridized carbons (Fsp3) is 0.533. The smallest absolute Gasteiger partial charge is 0.0719 e. The molecule has 3 N–H and O–H groups in total. The number of nitrogens with one attached hydrogen (secondary N) is 1. The van der Waals surface area contributed by atoms with Crippen LogP contribution in [0, 0.1) is 0 Å². The van der Waals surface area contributed by atoms with Crippen LogP contribution in [-0.4, -0.2) is 29.0 Å². The highest BCUT2D eigenvalue weighted by atomic mass is 16.5. The Bertz CT molecular complexity index is 552. The predicted molar refractivity (Wildman–Crippen MR) is 81.2 cm³/mol. The number of aryl methyl sites for hydroxylation is 1. The first kappa shape index (κ1) is 15.0. The molecule has 2 unspecified atom stereocenters. The van der Waals surface area contributed by atoms with Gasteiger partial charge in [0, 0.05) is 32.0 Å². The molecule has 0 aliphatic heterocycles. The zero-order valence-corrected chi connectivity index (χ0v) is 12.5. The molecule has 1 aromatic carbocycles. The first-order valence-corrected chi connectivity index (χ1v) is 7.05. The Morgan fingerprint density at radius 2 is 2.10 bits per heavy atom. The molecule has 0 aliphatic carbocycles. The lowest BCUT2D eigenvalue weighted by Gasteiger charge is -2.17. The summed E-state index contributed by atoms with van der Waals surface area (Å²) in [5.74, 6) is 5.67. The number of hydrogen-bond acceptors (Lipinski definition) is 4. The van der Waals surface area contributed by atoms with Gasteiger partial charge in [-0.2, -0.15) is 5.10 Å². The molecule has 0 bridgehead atoms. The Labute approximate surface area is 120 Å². The average molecular weight is 276 g/mol. The van der Waals surface area contributed by atoms with Crippen LogP contribution in [0.3, 0.4) is 0 Å². The minimum Gasteiger partial charge on any atom is -0.382 e. The topological polar surface area (TPSA) is 65.1 Å². The Kier molecular flexibility index (Phi) is 5.11. The van der Waals surface area contributed by atoms with Gasteiger partial charge in [-0.3, -0.25) is 16.0 Å². The highest BCUT2D eigenvalue weighted by Crippen LogP contribution is 2.19. The van der Waals surface area contributed by atoms with E-state index in [9.17, 15) is 0 Å². The van der Waals surface area contributed by atoms with Crippen LogP contribution in [0.4, 0.5) is 0 Å². The van der Waals surface area contributed by atoms with E-state index < -0.39 is 0 Å². The van der Waals surface area contributed by atoms with Gasteiger partial charge in [-0.15, -0.1) is 0 Å². The van der Waals surface area contributed by atoms with E-state index in [-0.39, 0.29) is 12.1 Å². The Morgan fingerprint density at radius 1 is 1.35 bits per heavy atom. The highest BCUT2D eigenvalue weighted by molar-refractivity contribution is 5.81. The molecule has 20 heavy (non-hydrogen) atoms. The Hall–Kier alpha value is -1.43. The molecule has 1 heterocycles. The van der Waals surface area contributed by atoms with E-state index in [1.165, 1.54) is 5.39 Å². The van der Waals surface area contributed by atoms with Gasteiger partial charge in [-0.05, 0) is 25.8 Å². The molecule has 110 valence electrons. The lowest BCUT2D eigenvalue weighted by molar-refractivity contribution is 0.106. The van der Waals surface area contributed by atoms with Crippen LogP contribution < -0.4 is 11.3 Å². The van der Waals surface area contributed by atoms with Crippen molar-refractivity contribution in [2.45, 2.75) is 38.3 Å². The number of methoxy groups -OCH3 is 1. The predicted octanol–water partition coefficient (Wildman–Crippen LogP) is 1.76. The van der Waals surface area contributed by atoms with Gasteiger partial charge < -0.3 is 4.74 Å². The lowest BCUT2D eigenvalue weighted by Crippen LogP contribution is -2.37. The van der Waals surface area contributed by atoms with Gasteiger partial charge in [0.2, 0.25) is 0 Å². The summed E-state index contributed by atoms with van der Waals surface area (Å²) < 4.78 is 7.21. The van der Waals surface area contributed by atoms with Crippen molar-refractivity contribution < 1.29 is 4.74 Å². The SMILES string of the molecule is COC(C)CCC(Cc1nn(C)c2ccccc12)NN. The molecular formula is C15H24N4O. The number of ether oxygens (including phenoxy) is 1. The second kappa shape index (κ2) is 6.83. The summed E-state index contributed by atoms with van der Waals surface area (Å²) in [4.78, 5) is 0. The molecule has 0 amide bonds. The highest BCUT2D eigenvalue weighted by Gasteiger charge is 2.15. The molecule has 2 aromatic rings. The molecule has 5 nitrogen and oxygen atoms in total.